The monoisotopic (exact) mass is 268 g/mol. The number of likely N-dealkylation sites (tertiary alicyclic amines) is 1. The van der Waals surface area contributed by atoms with Gasteiger partial charge in [0.2, 0.25) is 0 Å². The van der Waals surface area contributed by atoms with Crippen molar-refractivity contribution in [2.75, 3.05) is 39.3 Å². The normalized spacial score (nSPS) is 32.5. The second kappa shape index (κ2) is 7.05. The van der Waals surface area contributed by atoms with E-state index in [1.54, 1.807) is 0 Å². The van der Waals surface area contributed by atoms with Crippen LogP contribution in [0.4, 0.5) is 0 Å². The summed E-state index contributed by atoms with van der Waals surface area (Å²) >= 11 is 0. The molecule has 1 saturated heterocycles. The molecule has 3 heteroatoms. The van der Waals surface area contributed by atoms with E-state index in [2.05, 4.69) is 23.6 Å². The summed E-state index contributed by atoms with van der Waals surface area (Å²) in [6, 6.07) is 0. The van der Waals surface area contributed by atoms with Crippen LogP contribution in [0, 0.1) is 5.92 Å². The summed E-state index contributed by atoms with van der Waals surface area (Å²) in [5, 5.41) is 10.7. The smallest absolute Gasteiger partial charge is 0.0700 e. The molecule has 0 spiro atoms. The molecule has 3 nitrogen and oxygen atoms in total. The first-order chi connectivity index (χ1) is 9.18. The highest BCUT2D eigenvalue weighted by atomic mass is 16.3. The number of rotatable bonds is 6. The van der Waals surface area contributed by atoms with Gasteiger partial charge < -0.3 is 14.9 Å². The van der Waals surface area contributed by atoms with Crippen LogP contribution in [-0.2, 0) is 0 Å². The Kier molecular flexibility index (Phi) is 5.67. The predicted molar refractivity (Wildman–Crippen MR) is 80.4 cm³/mol. The fourth-order valence-electron chi connectivity index (χ4n) is 3.90. The maximum atomic E-state index is 10.7. The number of aliphatic hydroxyl groups is 1. The van der Waals surface area contributed by atoms with Crippen molar-refractivity contribution in [2.45, 2.75) is 58.0 Å². The Morgan fingerprint density at radius 1 is 1.21 bits per heavy atom. The van der Waals surface area contributed by atoms with E-state index in [-0.39, 0.29) is 5.60 Å². The van der Waals surface area contributed by atoms with E-state index >= 15 is 0 Å². The highest BCUT2D eigenvalue weighted by Crippen LogP contribution is 2.39. The van der Waals surface area contributed by atoms with Gasteiger partial charge in [0.25, 0.3) is 0 Å². The van der Waals surface area contributed by atoms with Gasteiger partial charge in [-0.3, -0.25) is 0 Å². The molecule has 1 heterocycles. The molecule has 0 aromatic carbocycles. The lowest BCUT2D eigenvalue weighted by molar-refractivity contribution is -0.0954. The van der Waals surface area contributed by atoms with Gasteiger partial charge in [-0.2, -0.15) is 0 Å². The van der Waals surface area contributed by atoms with E-state index in [1.807, 2.05) is 0 Å². The van der Waals surface area contributed by atoms with Crippen molar-refractivity contribution in [1.82, 2.24) is 9.80 Å². The van der Waals surface area contributed by atoms with Gasteiger partial charge in [-0.15, -0.1) is 0 Å². The topological polar surface area (TPSA) is 26.7 Å². The minimum Gasteiger partial charge on any atom is -0.390 e. The summed E-state index contributed by atoms with van der Waals surface area (Å²) in [5.74, 6) is 0.545. The number of hydrogen-bond acceptors (Lipinski definition) is 3. The summed E-state index contributed by atoms with van der Waals surface area (Å²) in [4.78, 5) is 5.09. The van der Waals surface area contributed by atoms with Crippen LogP contribution in [0.15, 0.2) is 0 Å². The van der Waals surface area contributed by atoms with E-state index in [0.717, 1.165) is 25.9 Å². The van der Waals surface area contributed by atoms with Crippen molar-refractivity contribution in [3.63, 3.8) is 0 Å². The fraction of sp³-hybridized carbons (Fsp3) is 1.00. The first kappa shape index (κ1) is 15.3. The van der Waals surface area contributed by atoms with E-state index in [1.165, 1.54) is 51.9 Å². The summed E-state index contributed by atoms with van der Waals surface area (Å²) in [6.45, 7) is 11.5. The molecule has 1 N–H and O–H groups in total. The molecule has 2 fully saturated rings. The zero-order valence-electron chi connectivity index (χ0n) is 12.9. The van der Waals surface area contributed by atoms with Crippen molar-refractivity contribution in [3.8, 4) is 0 Å². The molecule has 0 aromatic heterocycles. The Morgan fingerprint density at radius 3 is 2.74 bits per heavy atom. The highest BCUT2D eigenvalue weighted by Gasteiger charge is 2.42. The maximum Gasteiger partial charge on any atom is 0.0700 e. The predicted octanol–water partition coefficient (Wildman–Crippen LogP) is 2.35. The van der Waals surface area contributed by atoms with Gasteiger partial charge in [-0.25, -0.2) is 0 Å². The molecule has 0 radical (unpaired) electrons. The molecule has 2 aliphatic rings. The number of hydrogen-bond donors (Lipinski definition) is 1. The second-order valence-electron chi connectivity index (χ2n) is 6.48. The Labute approximate surface area is 119 Å². The van der Waals surface area contributed by atoms with E-state index < -0.39 is 0 Å². The number of piperidine rings is 1. The molecule has 2 atom stereocenters. The quantitative estimate of drug-likeness (QED) is 0.801. The summed E-state index contributed by atoms with van der Waals surface area (Å²) in [6.07, 6.45) is 7.11. The van der Waals surface area contributed by atoms with Crippen molar-refractivity contribution >= 4 is 0 Å². The van der Waals surface area contributed by atoms with Gasteiger partial charge >= 0.3 is 0 Å². The Bertz CT molecular complexity index is 267. The van der Waals surface area contributed by atoms with Crippen molar-refractivity contribution in [2.24, 2.45) is 5.92 Å². The molecule has 0 bridgehead atoms. The van der Waals surface area contributed by atoms with Gasteiger partial charge in [0.15, 0.2) is 0 Å². The molecule has 1 aliphatic heterocycles. The minimum absolute atomic E-state index is 0.312. The molecule has 19 heavy (non-hydrogen) atoms. The average molecular weight is 268 g/mol. The van der Waals surface area contributed by atoms with E-state index in [9.17, 15) is 5.11 Å². The zero-order chi connectivity index (χ0) is 13.7. The van der Waals surface area contributed by atoms with Crippen LogP contribution in [0.25, 0.3) is 0 Å². The lowest BCUT2D eigenvalue weighted by atomic mass is 9.71. The highest BCUT2D eigenvalue weighted by molar-refractivity contribution is 4.95. The number of fused-ring (bicyclic) bond motifs is 1. The molecule has 1 aliphatic carbocycles. The largest absolute Gasteiger partial charge is 0.390 e. The lowest BCUT2D eigenvalue weighted by Crippen LogP contribution is -2.53. The van der Waals surface area contributed by atoms with Crippen LogP contribution in [0.2, 0.25) is 0 Å². The van der Waals surface area contributed by atoms with Crippen LogP contribution in [0.5, 0.6) is 0 Å². The van der Waals surface area contributed by atoms with E-state index in [0.29, 0.717) is 5.92 Å². The van der Waals surface area contributed by atoms with Gasteiger partial charge in [-0.1, -0.05) is 26.7 Å². The first-order valence-corrected chi connectivity index (χ1v) is 8.35. The molecule has 2 rings (SSSR count). The Morgan fingerprint density at radius 2 is 2.00 bits per heavy atom. The standard InChI is InChI=1S/C16H32N2O/c1-3-17(4-2)11-7-12-18-13-10-16(19)9-6-5-8-15(16)14-18/h15,19H,3-14H2,1-2H3. The van der Waals surface area contributed by atoms with Crippen molar-refractivity contribution < 1.29 is 5.11 Å². The van der Waals surface area contributed by atoms with Crippen LogP contribution in [0.3, 0.4) is 0 Å². The van der Waals surface area contributed by atoms with Crippen LogP contribution >= 0.6 is 0 Å². The SMILES string of the molecule is CCN(CC)CCCN1CCC2(O)CCCCC2C1. The molecule has 2 unspecified atom stereocenters. The molecule has 112 valence electrons. The average Bonchev–Trinajstić information content (AvgIpc) is 2.43. The first-order valence-electron chi connectivity index (χ1n) is 8.35. The molecular weight excluding hydrogens is 236 g/mol. The van der Waals surface area contributed by atoms with Gasteiger partial charge in [0, 0.05) is 19.0 Å². The Hall–Kier alpha value is -0.120. The van der Waals surface area contributed by atoms with Crippen LogP contribution < -0.4 is 0 Å². The second-order valence-corrected chi connectivity index (χ2v) is 6.48. The van der Waals surface area contributed by atoms with Crippen LogP contribution in [0.1, 0.15) is 52.4 Å². The van der Waals surface area contributed by atoms with Gasteiger partial charge in [0.1, 0.15) is 0 Å². The fourth-order valence-corrected chi connectivity index (χ4v) is 3.90. The number of nitrogens with zero attached hydrogens (tertiary/aromatic N) is 2. The molecule has 0 aromatic rings. The third-order valence-corrected chi connectivity index (χ3v) is 5.35. The van der Waals surface area contributed by atoms with Crippen molar-refractivity contribution in [3.05, 3.63) is 0 Å². The summed E-state index contributed by atoms with van der Waals surface area (Å²) < 4.78 is 0. The van der Waals surface area contributed by atoms with Crippen molar-refractivity contribution in [1.29, 1.82) is 0 Å². The lowest BCUT2D eigenvalue weighted by Gasteiger charge is -2.47. The van der Waals surface area contributed by atoms with Gasteiger partial charge in [-0.05, 0) is 51.9 Å². The summed E-state index contributed by atoms with van der Waals surface area (Å²) in [7, 11) is 0. The third-order valence-electron chi connectivity index (χ3n) is 5.35. The maximum absolute atomic E-state index is 10.7. The summed E-state index contributed by atoms with van der Waals surface area (Å²) in [5.41, 5.74) is -0.312. The molecular formula is C16H32N2O. The molecule has 0 amide bonds. The third kappa shape index (κ3) is 3.93. The van der Waals surface area contributed by atoms with Gasteiger partial charge in [0.05, 0.1) is 5.60 Å². The Balaban J connectivity index is 1.72. The zero-order valence-corrected chi connectivity index (χ0v) is 12.9. The minimum atomic E-state index is -0.312. The molecule has 1 saturated carbocycles. The van der Waals surface area contributed by atoms with Crippen LogP contribution in [-0.4, -0.2) is 59.8 Å². The van der Waals surface area contributed by atoms with E-state index in [4.69, 9.17) is 0 Å².